The highest BCUT2D eigenvalue weighted by atomic mass is 16.5. The van der Waals surface area contributed by atoms with Crippen LogP contribution in [0.4, 0.5) is 51.2 Å². The van der Waals surface area contributed by atoms with Gasteiger partial charge in [-0.05, 0) is 240 Å². The van der Waals surface area contributed by atoms with Gasteiger partial charge in [0.15, 0.2) is 0 Å². The third kappa shape index (κ3) is 11.8. The summed E-state index contributed by atoms with van der Waals surface area (Å²) in [5.41, 5.74) is 33.2. The Labute approximate surface area is 787 Å². The number of nitrogens with zero attached hydrogens (tertiary/aromatic N) is 4. The van der Waals surface area contributed by atoms with Gasteiger partial charge in [-0.2, -0.15) is 0 Å². The highest BCUT2D eigenvalue weighted by Gasteiger charge is 2.55. The van der Waals surface area contributed by atoms with E-state index in [4.69, 9.17) is 4.74 Å². The van der Waals surface area contributed by atoms with E-state index in [1.807, 2.05) is 24.3 Å². The minimum Gasteiger partial charge on any atom is -0.458 e. The van der Waals surface area contributed by atoms with Crippen molar-refractivity contribution in [3.63, 3.8) is 0 Å². The van der Waals surface area contributed by atoms with Gasteiger partial charge in [0, 0.05) is 78.9 Å². The fourth-order valence-electron chi connectivity index (χ4n) is 22.8. The molecule has 0 saturated carbocycles. The van der Waals surface area contributed by atoms with Crippen LogP contribution in [0.3, 0.4) is 0 Å². The number of hydrogen-bond acceptors (Lipinski definition) is 4. The summed E-state index contributed by atoms with van der Waals surface area (Å²) in [6, 6.07) is 122. The third-order valence-corrected chi connectivity index (χ3v) is 29.0. The van der Waals surface area contributed by atoms with Crippen molar-refractivity contribution < 1.29 is 15.7 Å². The van der Waals surface area contributed by atoms with Gasteiger partial charge in [-0.15, -0.1) is 0 Å². The maximum absolute atomic E-state index is 10.4. The monoisotopic (exact) mass is 1700 g/mol. The average Bonchev–Trinajstić information content (AvgIpc) is 1.48. The van der Waals surface area contributed by atoms with E-state index in [1.165, 1.54) is 11.1 Å². The van der Waals surface area contributed by atoms with Crippen molar-refractivity contribution in [3.8, 4) is 95.1 Å². The highest BCUT2D eigenvalue weighted by Crippen LogP contribution is 2.66. The molecule has 4 aliphatic heterocycles. The molecule has 132 heavy (non-hydrogen) atoms. The first kappa shape index (κ1) is 71.0. The van der Waals surface area contributed by atoms with Crippen LogP contribution in [0.2, 0.25) is 0 Å². The van der Waals surface area contributed by atoms with Crippen LogP contribution in [-0.2, 0) is 27.1 Å². The van der Waals surface area contributed by atoms with Crippen LogP contribution >= 0.6 is 0 Å². The number of ether oxygens (including phenoxy) is 1. The molecule has 1 spiro atoms. The van der Waals surface area contributed by atoms with Gasteiger partial charge in [-0.3, -0.25) is 0 Å². The van der Waals surface area contributed by atoms with Gasteiger partial charge < -0.3 is 24.0 Å². The number of fused-ring (bicyclic) bond motifs is 21. The molecule has 0 amide bonds. The predicted molar refractivity (Wildman–Crippen MR) is 559 cm³/mol. The molecular formula is C125H100B2N4O. The molecule has 19 aromatic rings. The SMILES string of the molecule is [2H]c1c([2H])c([2H])c2c(c1[2H])-c1c([2H])c([2H])c([2H])c([2H])c1C21c2ccccc2-c2cccc(-c3cc4c5c(c3)N(c3cc(C(C)(C)C)cc(C(C)(C)C)c3)c3ccccc3B5c3cc5c(cc3O4)N(c3c(-c4ccccc4)cc(C(C)(C)C)cc3-c3ccccc3)c3cc(-n4c6ccccc6c6ccccc64)cc4c3B5c3ccccc3N4c3c(-c4ccccc4)cc(C(C)(C)C)cc3-c3ccccc3)c21. The minimum absolute atomic E-state index is 0.0559. The molecule has 5 heterocycles. The van der Waals surface area contributed by atoms with E-state index in [1.54, 1.807) is 0 Å². The molecule has 0 radical (unpaired) electrons. The smallest absolute Gasteiger partial charge is 0.256 e. The predicted octanol–water partition coefficient (Wildman–Crippen LogP) is 29.1. The Kier molecular flexibility index (Phi) is 15.6. The molecule has 1 aromatic heterocycles. The fraction of sp³-hybridized carbons (Fsp3) is 0.136. The van der Waals surface area contributed by atoms with Gasteiger partial charge in [-0.25, -0.2) is 0 Å². The van der Waals surface area contributed by atoms with Crippen LogP contribution < -0.4 is 52.2 Å². The second-order valence-electron chi connectivity index (χ2n) is 40.8. The molecular weight excluding hydrogens is 1600 g/mol. The molecule has 7 heteroatoms. The number of hydrogen-bond donors (Lipinski definition) is 0. The van der Waals surface area contributed by atoms with Crippen LogP contribution in [0.15, 0.2) is 388 Å². The first-order valence-electron chi connectivity index (χ1n) is 50.4. The summed E-state index contributed by atoms with van der Waals surface area (Å²) in [4.78, 5) is 7.75. The Morgan fingerprint density at radius 1 is 0.265 bits per heavy atom. The molecule has 5 nitrogen and oxygen atoms in total. The topological polar surface area (TPSA) is 23.9 Å². The van der Waals surface area contributed by atoms with Crippen molar-refractivity contribution in [1.82, 2.24) is 4.57 Å². The van der Waals surface area contributed by atoms with Crippen molar-refractivity contribution in [2.24, 2.45) is 0 Å². The average molecular weight is 1700 g/mol. The minimum atomic E-state index is -1.74. The largest absolute Gasteiger partial charge is 0.458 e. The van der Waals surface area contributed by atoms with E-state index in [2.05, 4.69) is 418 Å². The van der Waals surface area contributed by atoms with Gasteiger partial charge >= 0.3 is 0 Å². The molecule has 18 aromatic carbocycles. The lowest BCUT2D eigenvalue weighted by Crippen LogP contribution is -2.64. The summed E-state index contributed by atoms with van der Waals surface area (Å²) >= 11 is 0. The van der Waals surface area contributed by atoms with Crippen molar-refractivity contribution in [2.45, 2.75) is 110 Å². The lowest BCUT2D eigenvalue weighted by molar-refractivity contribution is 0.488. The number of anilines is 9. The summed E-state index contributed by atoms with van der Waals surface area (Å²) in [5.74, 6) is 1.24. The zero-order valence-corrected chi connectivity index (χ0v) is 76.2. The molecule has 0 saturated heterocycles. The summed E-state index contributed by atoms with van der Waals surface area (Å²) < 4.78 is 89.8. The van der Waals surface area contributed by atoms with E-state index < -0.39 is 43.0 Å². The molecule has 0 bridgehead atoms. The maximum atomic E-state index is 10.4. The van der Waals surface area contributed by atoms with Crippen molar-refractivity contribution in [3.05, 3.63) is 433 Å². The summed E-state index contributed by atoms with van der Waals surface area (Å²) in [6.45, 7) is 26.7. The highest BCUT2D eigenvalue weighted by molar-refractivity contribution is 7.02. The molecule has 0 fully saturated rings. The van der Waals surface area contributed by atoms with E-state index >= 15 is 0 Å². The number of benzene rings is 18. The first-order valence-corrected chi connectivity index (χ1v) is 46.4. The maximum Gasteiger partial charge on any atom is 0.256 e. The van der Waals surface area contributed by atoms with Crippen molar-refractivity contribution in [1.29, 1.82) is 0 Å². The van der Waals surface area contributed by atoms with Crippen molar-refractivity contribution >= 4 is 119 Å². The second-order valence-corrected chi connectivity index (χ2v) is 40.8. The zero-order chi connectivity index (χ0) is 96.3. The molecule has 0 atom stereocenters. The normalized spacial score (nSPS) is 14.8. The van der Waals surface area contributed by atoms with Gasteiger partial charge in [0.1, 0.15) is 11.5 Å². The van der Waals surface area contributed by atoms with Crippen LogP contribution in [0.5, 0.6) is 11.5 Å². The quantitative estimate of drug-likeness (QED) is 0.134. The molecule has 0 unspecified atom stereocenters. The molecule has 2 aliphatic carbocycles. The summed E-state index contributed by atoms with van der Waals surface area (Å²) in [7, 11) is 0. The number of para-hydroxylation sites is 4. The number of rotatable bonds is 9. The van der Waals surface area contributed by atoms with Gasteiger partial charge in [-0.1, -0.05) is 380 Å². The molecule has 0 N–H and O–H groups in total. The van der Waals surface area contributed by atoms with Crippen LogP contribution in [0.1, 0.15) is 139 Å². The number of aromatic nitrogens is 1. The Balaban J connectivity index is 0.838. The second kappa shape index (κ2) is 29.0. The Hall–Kier alpha value is -14.9. The van der Waals surface area contributed by atoms with Gasteiger partial charge in [0.05, 0.1) is 44.5 Å². The van der Waals surface area contributed by atoms with Gasteiger partial charge in [0.2, 0.25) is 0 Å². The molecule has 6 aliphatic rings. The third-order valence-electron chi connectivity index (χ3n) is 29.0. The van der Waals surface area contributed by atoms with Crippen LogP contribution in [0, 0.1) is 0 Å². The lowest BCUT2D eigenvalue weighted by Gasteiger charge is -2.47. The molecule has 25 rings (SSSR count). The van der Waals surface area contributed by atoms with Crippen LogP contribution in [0.25, 0.3) is 105 Å². The van der Waals surface area contributed by atoms with Crippen LogP contribution in [-0.4, -0.2) is 18.0 Å². The van der Waals surface area contributed by atoms with E-state index in [0.29, 0.717) is 33.8 Å². The summed E-state index contributed by atoms with van der Waals surface area (Å²) in [5, 5.41) is 2.28. The standard InChI is InChI=1S/C125H100B2N4O/c1-121(2,3)82-66-83(122(4,5)6)68-86(67-82)129-108-62-37-33-58-102(108)127-105-75-104-110(76-114(105)132-115-65-81(64-111(129)118(115)127)88-53-39-54-94-91-50-27-32-57-101(91)125(116(88)94)99-55-30-25-48-89(99)90-49-26-31-56-100(90)125)131(120-97(79-44-21-15-22-45-79)71-85(124(10,11)12)72-98(120)80-46-23-16-24-47-80)113-74-87(128-106-60-35-28-51-92(106)93-52-29-36-61-107(93)128)73-112-117(113)126(104)103-59-34-38-63-109(103)130(112)119-95(77-40-17-13-18-41-77)69-84(123(7,8)9)70-96(119)78-42-19-14-20-43-78/h13-76H,1-12H3/i25D,26D,30D,31D,48D,49D,55D,56D. The van der Waals surface area contributed by atoms with E-state index in [9.17, 15) is 11.0 Å². The van der Waals surface area contributed by atoms with E-state index in [0.717, 1.165) is 178 Å². The Morgan fingerprint density at radius 3 is 1.18 bits per heavy atom. The zero-order valence-electron chi connectivity index (χ0n) is 84.2. The van der Waals surface area contributed by atoms with Gasteiger partial charge in [0.25, 0.3) is 13.4 Å². The Morgan fingerprint density at radius 2 is 0.674 bits per heavy atom. The summed E-state index contributed by atoms with van der Waals surface area (Å²) in [6.07, 6.45) is 0. The fourth-order valence-corrected chi connectivity index (χ4v) is 22.8. The van der Waals surface area contributed by atoms with Crippen molar-refractivity contribution in [2.75, 3.05) is 14.7 Å². The Bertz CT molecular complexity index is 8310. The molecule has 632 valence electrons. The van der Waals surface area contributed by atoms with E-state index in [-0.39, 0.29) is 68.1 Å². The first-order chi connectivity index (χ1) is 67.4. The lowest BCUT2D eigenvalue weighted by atomic mass is 9.30.